The average Bonchev–Trinajstić information content (AvgIpc) is 2.24. The fourth-order valence-corrected chi connectivity index (χ4v) is 2.72. The summed E-state index contributed by atoms with van der Waals surface area (Å²) in [6, 6.07) is 3.58. The Hall–Kier alpha value is -1.14. The summed E-state index contributed by atoms with van der Waals surface area (Å²) < 4.78 is 42.0. The first kappa shape index (κ1) is 13.9. The fraction of sp³-hybridized carbons (Fsp3) is 0.455. The number of benzene rings is 1. The summed E-state index contributed by atoms with van der Waals surface area (Å²) in [5.74, 6) is -0.935. The molecule has 0 unspecified atom stereocenters. The van der Waals surface area contributed by atoms with Gasteiger partial charge in [0, 0.05) is 18.9 Å². The molecular weight excluding hydrogens is 245 g/mol. The number of halogens is 1. The molecule has 0 aliphatic heterocycles. The van der Waals surface area contributed by atoms with Crippen molar-refractivity contribution in [2.24, 2.45) is 0 Å². The van der Waals surface area contributed by atoms with Crippen LogP contribution in [0.4, 0.5) is 10.1 Å². The van der Waals surface area contributed by atoms with E-state index in [4.69, 9.17) is 10.5 Å². The summed E-state index contributed by atoms with van der Waals surface area (Å²) in [5.41, 5.74) is 5.56. The van der Waals surface area contributed by atoms with Gasteiger partial charge in [0.1, 0.15) is 10.7 Å². The first-order valence-corrected chi connectivity index (χ1v) is 6.98. The van der Waals surface area contributed by atoms with E-state index >= 15 is 0 Å². The molecule has 1 aromatic carbocycles. The molecule has 0 saturated carbocycles. The van der Waals surface area contributed by atoms with Crippen LogP contribution in [0.1, 0.15) is 13.3 Å². The zero-order chi connectivity index (χ0) is 12.9. The van der Waals surface area contributed by atoms with Crippen LogP contribution in [0, 0.1) is 5.82 Å². The van der Waals surface area contributed by atoms with Crippen molar-refractivity contribution in [1.82, 2.24) is 0 Å². The minimum atomic E-state index is -3.60. The van der Waals surface area contributed by atoms with Crippen LogP contribution < -0.4 is 5.73 Å². The molecule has 0 fully saturated rings. The monoisotopic (exact) mass is 261 g/mol. The van der Waals surface area contributed by atoms with E-state index in [9.17, 15) is 12.8 Å². The number of hydrogen-bond donors (Lipinski definition) is 1. The van der Waals surface area contributed by atoms with Crippen LogP contribution in [0.15, 0.2) is 23.1 Å². The predicted molar refractivity (Wildman–Crippen MR) is 64.0 cm³/mol. The standard InChI is InChI=1S/C11H16FNO3S/c1-2-16-6-3-7-17(14,15)11-5-4-9(13)8-10(11)12/h4-5,8H,2-3,6-7,13H2,1H3. The molecule has 0 amide bonds. The van der Waals surface area contributed by atoms with Crippen LogP contribution in [0.2, 0.25) is 0 Å². The second-order valence-electron chi connectivity index (χ2n) is 3.56. The smallest absolute Gasteiger partial charge is 0.181 e. The third-order valence-corrected chi connectivity index (χ3v) is 4.02. The summed E-state index contributed by atoms with van der Waals surface area (Å²) in [4.78, 5) is -0.303. The molecule has 96 valence electrons. The highest BCUT2D eigenvalue weighted by Crippen LogP contribution is 2.19. The Balaban J connectivity index is 2.76. The first-order chi connectivity index (χ1) is 7.97. The maximum Gasteiger partial charge on any atom is 0.181 e. The van der Waals surface area contributed by atoms with E-state index in [0.717, 1.165) is 6.07 Å². The van der Waals surface area contributed by atoms with E-state index in [2.05, 4.69) is 0 Å². The van der Waals surface area contributed by atoms with Gasteiger partial charge >= 0.3 is 0 Å². The molecule has 0 atom stereocenters. The maximum atomic E-state index is 13.4. The van der Waals surface area contributed by atoms with Gasteiger partial charge in [0.15, 0.2) is 9.84 Å². The van der Waals surface area contributed by atoms with Gasteiger partial charge in [-0.25, -0.2) is 12.8 Å². The summed E-state index contributed by atoms with van der Waals surface area (Å²) >= 11 is 0. The lowest BCUT2D eigenvalue weighted by Gasteiger charge is -2.06. The highest BCUT2D eigenvalue weighted by Gasteiger charge is 2.18. The summed E-state index contributed by atoms with van der Waals surface area (Å²) in [6.45, 7) is 2.72. The van der Waals surface area contributed by atoms with E-state index in [1.807, 2.05) is 6.92 Å². The molecule has 0 aliphatic carbocycles. The Labute approximate surface area is 101 Å². The SMILES string of the molecule is CCOCCCS(=O)(=O)c1ccc(N)cc1F. The van der Waals surface area contributed by atoms with Crippen molar-refractivity contribution in [3.63, 3.8) is 0 Å². The number of ether oxygens (including phenoxy) is 1. The van der Waals surface area contributed by atoms with Crippen LogP contribution in [0.3, 0.4) is 0 Å². The molecule has 0 heterocycles. The van der Waals surface area contributed by atoms with E-state index in [1.54, 1.807) is 0 Å². The van der Waals surface area contributed by atoms with Crippen molar-refractivity contribution in [1.29, 1.82) is 0 Å². The lowest BCUT2D eigenvalue weighted by atomic mass is 10.3. The molecule has 0 radical (unpaired) electrons. The number of nitrogen functional groups attached to an aromatic ring is 1. The molecule has 0 bridgehead atoms. The summed E-state index contributed by atoms with van der Waals surface area (Å²) in [6.07, 6.45) is 0.347. The summed E-state index contributed by atoms with van der Waals surface area (Å²) in [7, 11) is -3.60. The van der Waals surface area contributed by atoms with Crippen molar-refractivity contribution in [3.8, 4) is 0 Å². The third kappa shape index (κ3) is 3.98. The molecule has 0 aromatic heterocycles. The van der Waals surface area contributed by atoms with Gasteiger partial charge in [-0.05, 0) is 31.5 Å². The van der Waals surface area contributed by atoms with E-state index in [-0.39, 0.29) is 16.3 Å². The van der Waals surface area contributed by atoms with Gasteiger partial charge in [-0.15, -0.1) is 0 Å². The quantitative estimate of drug-likeness (QED) is 0.624. The van der Waals surface area contributed by atoms with E-state index in [0.29, 0.717) is 19.6 Å². The number of sulfone groups is 1. The zero-order valence-electron chi connectivity index (χ0n) is 9.65. The van der Waals surface area contributed by atoms with E-state index in [1.165, 1.54) is 12.1 Å². The van der Waals surface area contributed by atoms with Crippen molar-refractivity contribution >= 4 is 15.5 Å². The number of anilines is 1. The van der Waals surface area contributed by atoms with Gasteiger partial charge in [0.2, 0.25) is 0 Å². The molecule has 17 heavy (non-hydrogen) atoms. The topological polar surface area (TPSA) is 69.4 Å². The Morgan fingerprint density at radius 3 is 2.71 bits per heavy atom. The van der Waals surface area contributed by atoms with Crippen LogP contribution in [0.5, 0.6) is 0 Å². The fourth-order valence-electron chi connectivity index (χ4n) is 1.37. The predicted octanol–water partition coefficient (Wildman–Crippen LogP) is 1.61. The van der Waals surface area contributed by atoms with E-state index < -0.39 is 15.7 Å². The molecule has 1 aromatic rings. The van der Waals surface area contributed by atoms with Gasteiger partial charge in [0.05, 0.1) is 5.75 Å². The van der Waals surface area contributed by atoms with Gasteiger partial charge < -0.3 is 10.5 Å². The maximum absolute atomic E-state index is 13.4. The summed E-state index contributed by atoms with van der Waals surface area (Å²) in [5, 5.41) is 0. The molecular formula is C11H16FNO3S. The number of rotatable bonds is 6. The normalized spacial score (nSPS) is 11.6. The average molecular weight is 261 g/mol. The van der Waals surface area contributed by atoms with Crippen molar-refractivity contribution < 1.29 is 17.5 Å². The highest BCUT2D eigenvalue weighted by molar-refractivity contribution is 7.91. The van der Waals surface area contributed by atoms with Crippen molar-refractivity contribution in [2.75, 3.05) is 24.7 Å². The van der Waals surface area contributed by atoms with Crippen LogP contribution in [-0.4, -0.2) is 27.4 Å². The molecule has 0 spiro atoms. The van der Waals surface area contributed by atoms with Crippen LogP contribution >= 0.6 is 0 Å². The third-order valence-electron chi connectivity index (χ3n) is 2.20. The molecule has 6 heteroatoms. The van der Waals surface area contributed by atoms with Crippen LogP contribution in [0.25, 0.3) is 0 Å². The molecule has 2 N–H and O–H groups in total. The Morgan fingerprint density at radius 1 is 1.41 bits per heavy atom. The lowest BCUT2D eigenvalue weighted by molar-refractivity contribution is 0.148. The van der Waals surface area contributed by atoms with Gasteiger partial charge in [-0.2, -0.15) is 0 Å². The minimum Gasteiger partial charge on any atom is -0.399 e. The Kier molecular flexibility index (Phi) is 4.89. The van der Waals surface area contributed by atoms with Gasteiger partial charge in [-0.1, -0.05) is 0 Å². The second kappa shape index (κ2) is 5.97. The molecule has 0 aliphatic rings. The van der Waals surface area contributed by atoms with Crippen molar-refractivity contribution in [3.05, 3.63) is 24.0 Å². The van der Waals surface area contributed by atoms with Gasteiger partial charge in [0.25, 0.3) is 0 Å². The second-order valence-corrected chi connectivity index (χ2v) is 5.64. The number of nitrogens with two attached hydrogens (primary N) is 1. The minimum absolute atomic E-state index is 0.131. The largest absolute Gasteiger partial charge is 0.399 e. The van der Waals surface area contributed by atoms with Crippen molar-refractivity contribution in [2.45, 2.75) is 18.2 Å². The molecule has 0 saturated heterocycles. The molecule has 4 nitrogen and oxygen atoms in total. The number of hydrogen-bond acceptors (Lipinski definition) is 4. The zero-order valence-corrected chi connectivity index (χ0v) is 10.5. The molecule has 1 rings (SSSR count). The Morgan fingerprint density at radius 2 is 2.12 bits per heavy atom. The first-order valence-electron chi connectivity index (χ1n) is 5.33. The van der Waals surface area contributed by atoms with Gasteiger partial charge in [-0.3, -0.25) is 0 Å². The van der Waals surface area contributed by atoms with Crippen LogP contribution in [-0.2, 0) is 14.6 Å². The Bertz CT molecular complexity index is 474. The highest BCUT2D eigenvalue weighted by atomic mass is 32.2. The lowest BCUT2D eigenvalue weighted by Crippen LogP contribution is -2.11.